The second-order valence-electron chi connectivity index (χ2n) is 14.3. The van der Waals surface area contributed by atoms with E-state index in [4.69, 9.17) is 14.2 Å². The van der Waals surface area contributed by atoms with Crippen molar-refractivity contribution in [2.75, 3.05) is 40.0 Å². The summed E-state index contributed by atoms with van der Waals surface area (Å²) in [6, 6.07) is 0.510. The lowest BCUT2D eigenvalue weighted by molar-refractivity contribution is -0.0806. The first kappa shape index (κ1) is 27.4. The van der Waals surface area contributed by atoms with E-state index in [0.717, 1.165) is 56.7 Å². The maximum absolute atomic E-state index is 10.3. The molecule has 0 aromatic carbocycles. The minimum Gasteiger partial charge on any atom is -0.389 e. The van der Waals surface area contributed by atoms with Crippen LogP contribution in [0.4, 0.5) is 0 Å². The van der Waals surface area contributed by atoms with E-state index in [9.17, 15) is 5.11 Å². The van der Waals surface area contributed by atoms with Crippen molar-refractivity contribution < 1.29 is 19.3 Å². The average Bonchev–Trinajstić information content (AvgIpc) is 3.34. The Morgan fingerprint density at radius 3 is 2.79 bits per heavy atom. The molecule has 6 aliphatic rings. The molecule has 1 spiro atoms. The van der Waals surface area contributed by atoms with E-state index in [1.54, 1.807) is 23.8 Å². The Hall–Kier alpha value is -0.720. The van der Waals surface area contributed by atoms with Gasteiger partial charge in [-0.2, -0.15) is 0 Å². The third-order valence-electron chi connectivity index (χ3n) is 12.2. The van der Waals surface area contributed by atoms with Crippen LogP contribution in [0.5, 0.6) is 0 Å². The molecule has 4 aliphatic carbocycles. The van der Waals surface area contributed by atoms with E-state index in [-0.39, 0.29) is 11.7 Å². The van der Waals surface area contributed by atoms with Crippen molar-refractivity contribution in [3.63, 3.8) is 0 Å². The van der Waals surface area contributed by atoms with Gasteiger partial charge in [0.1, 0.15) is 0 Å². The number of allylic oxidation sites excluding steroid dienone is 2. The monoisotopic (exact) mass is 527 g/mol. The number of likely N-dealkylation sites (tertiary alicyclic amines) is 1. The first-order chi connectivity index (χ1) is 18.3. The van der Waals surface area contributed by atoms with Crippen LogP contribution in [0.15, 0.2) is 22.8 Å². The summed E-state index contributed by atoms with van der Waals surface area (Å²) in [4.78, 5) is 2.71. The first-order valence-electron chi connectivity index (χ1n) is 15.8. The normalized spacial score (nSPS) is 46.8. The van der Waals surface area contributed by atoms with Gasteiger partial charge in [-0.25, -0.2) is 0 Å². The zero-order valence-corrected chi connectivity index (χ0v) is 24.7. The predicted octanol–water partition coefficient (Wildman–Crippen LogP) is 5.77. The largest absolute Gasteiger partial charge is 0.389 e. The number of hydrogen-bond acceptors (Lipinski definition) is 5. The lowest BCUT2D eigenvalue weighted by atomic mass is 9.56. The average molecular weight is 528 g/mol. The fraction of sp³-hybridized carbons (Fsp3) is 0.879. The van der Waals surface area contributed by atoms with Gasteiger partial charge in [-0.3, -0.25) is 4.90 Å². The van der Waals surface area contributed by atoms with Crippen LogP contribution in [0.25, 0.3) is 0 Å². The van der Waals surface area contributed by atoms with E-state index in [0.29, 0.717) is 42.6 Å². The molecule has 4 fully saturated rings. The van der Waals surface area contributed by atoms with Gasteiger partial charge in [-0.05, 0) is 93.8 Å². The molecule has 214 valence electrons. The molecule has 1 N–H and O–H groups in total. The fourth-order valence-electron chi connectivity index (χ4n) is 10.3. The molecule has 2 saturated heterocycles. The van der Waals surface area contributed by atoms with E-state index in [2.05, 4.69) is 38.7 Å². The molecule has 38 heavy (non-hydrogen) atoms. The molecule has 2 heterocycles. The van der Waals surface area contributed by atoms with E-state index >= 15 is 0 Å². The van der Waals surface area contributed by atoms with Crippen molar-refractivity contribution >= 4 is 0 Å². The third kappa shape index (κ3) is 4.57. The van der Waals surface area contributed by atoms with Crippen LogP contribution >= 0.6 is 0 Å². The minimum absolute atomic E-state index is 0.00987. The molecule has 5 nitrogen and oxygen atoms in total. The number of piperidine rings is 1. The summed E-state index contributed by atoms with van der Waals surface area (Å²) in [5.41, 5.74) is 5.31. The molecular weight excluding hydrogens is 474 g/mol. The first-order valence-corrected chi connectivity index (χ1v) is 15.8. The SMILES string of the molecule is COCCOCCN1CC(C)CC2OC3(CCC4C(=C(C)C3)CC3C4CCC4=CC(O)CCC43C)C(C)C21. The lowest BCUT2D eigenvalue weighted by Crippen LogP contribution is -2.52. The molecule has 10 atom stereocenters. The molecule has 5 heteroatoms. The maximum atomic E-state index is 10.3. The fourth-order valence-corrected chi connectivity index (χ4v) is 10.3. The Morgan fingerprint density at radius 2 is 1.97 bits per heavy atom. The van der Waals surface area contributed by atoms with Crippen LogP contribution in [0.1, 0.15) is 85.5 Å². The van der Waals surface area contributed by atoms with Crippen LogP contribution in [-0.2, 0) is 14.2 Å². The van der Waals surface area contributed by atoms with Crippen LogP contribution in [0, 0.1) is 35.0 Å². The lowest BCUT2D eigenvalue weighted by Gasteiger charge is -2.49. The zero-order chi connectivity index (χ0) is 26.7. The Kier molecular flexibility index (Phi) is 7.65. The molecule has 2 saturated carbocycles. The second-order valence-corrected chi connectivity index (χ2v) is 14.3. The van der Waals surface area contributed by atoms with Crippen molar-refractivity contribution in [3.05, 3.63) is 22.8 Å². The number of nitrogens with zero attached hydrogens (tertiary/aromatic N) is 1. The summed E-state index contributed by atoms with van der Waals surface area (Å²) in [6.07, 6.45) is 13.1. The van der Waals surface area contributed by atoms with Gasteiger partial charge in [0.05, 0.1) is 37.6 Å². The van der Waals surface area contributed by atoms with Crippen molar-refractivity contribution in [3.8, 4) is 0 Å². The second kappa shape index (κ2) is 10.6. The molecule has 0 amide bonds. The highest BCUT2D eigenvalue weighted by molar-refractivity contribution is 5.33. The van der Waals surface area contributed by atoms with Crippen LogP contribution in [0.3, 0.4) is 0 Å². The summed E-state index contributed by atoms with van der Waals surface area (Å²) in [6.45, 7) is 14.2. The van der Waals surface area contributed by atoms with Gasteiger partial charge >= 0.3 is 0 Å². The van der Waals surface area contributed by atoms with Gasteiger partial charge in [0, 0.05) is 32.2 Å². The molecule has 0 radical (unpaired) electrons. The number of fused-ring (bicyclic) bond motifs is 6. The van der Waals surface area contributed by atoms with Crippen LogP contribution in [0.2, 0.25) is 0 Å². The molecule has 0 aromatic rings. The summed E-state index contributed by atoms with van der Waals surface area (Å²) in [7, 11) is 1.74. The molecule has 0 aromatic heterocycles. The van der Waals surface area contributed by atoms with E-state index in [1.807, 2.05) is 0 Å². The molecular formula is C33H53NO4. The van der Waals surface area contributed by atoms with Crippen LogP contribution in [-0.4, -0.2) is 73.9 Å². The Balaban J connectivity index is 1.20. The number of aliphatic hydroxyl groups excluding tert-OH is 1. The standard InChI is InChI=1S/C33H53NO4/c1-21-16-30-31(34(20-21)12-13-37-15-14-36-5)23(3)33(38-30)11-9-26-27-7-6-24-17-25(35)8-10-32(24,4)29(27)18-28(26)22(2)19-33/h17,21,23,25-27,29-31,35H,6-16,18-20H2,1-5H3. The Bertz CT molecular complexity index is 945. The Labute approximate surface area is 231 Å². The van der Waals surface area contributed by atoms with E-state index < -0.39 is 0 Å². The highest BCUT2D eigenvalue weighted by atomic mass is 16.5. The number of rotatable bonds is 6. The van der Waals surface area contributed by atoms with Crippen molar-refractivity contribution in [1.29, 1.82) is 0 Å². The van der Waals surface area contributed by atoms with E-state index in [1.165, 1.54) is 38.5 Å². The van der Waals surface area contributed by atoms with Crippen LogP contribution < -0.4 is 0 Å². The topological polar surface area (TPSA) is 51.2 Å². The summed E-state index contributed by atoms with van der Waals surface area (Å²) in [5, 5.41) is 10.3. The van der Waals surface area contributed by atoms with Crippen molar-refractivity contribution in [1.82, 2.24) is 4.90 Å². The summed E-state index contributed by atoms with van der Waals surface area (Å²) in [5.74, 6) is 3.53. The highest BCUT2D eigenvalue weighted by Crippen LogP contribution is 2.64. The Morgan fingerprint density at radius 1 is 1.13 bits per heavy atom. The van der Waals surface area contributed by atoms with Gasteiger partial charge in [0.25, 0.3) is 0 Å². The summed E-state index contributed by atoms with van der Waals surface area (Å²) < 4.78 is 18.3. The number of aliphatic hydroxyl groups is 1. The molecule has 10 unspecified atom stereocenters. The quantitative estimate of drug-likeness (QED) is 0.351. The molecule has 2 aliphatic heterocycles. The predicted molar refractivity (Wildman–Crippen MR) is 151 cm³/mol. The summed E-state index contributed by atoms with van der Waals surface area (Å²) >= 11 is 0. The van der Waals surface area contributed by atoms with Crippen molar-refractivity contribution in [2.24, 2.45) is 35.0 Å². The van der Waals surface area contributed by atoms with Gasteiger partial charge < -0.3 is 19.3 Å². The van der Waals surface area contributed by atoms with Gasteiger partial charge in [-0.15, -0.1) is 0 Å². The third-order valence-corrected chi connectivity index (χ3v) is 12.2. The molecule has 0 bridgehead atoms. The highest BCUT2D eigenvalue weighted by Gasteiger charge is 2.59. The number of methoxy groups -OCH3 is 1. The van der Waals surface area contributed by atoms with Gasteiger partial charge in [0.15, 0.2) is 0 Å². The van der Waals surface area contributed by atoms with Crippen molar-refractivity contribution in [2.45, 2.75) is 109 Å². The van der Waals surface area contributed by atoms with Gasteiger partial charge in [0.2, 0.25) is 0 Å². The minimum atomic E-state index is -0.217. The number of ether oxygens (including phenoxy) is 3. The van der Waals surface area contributed by atoms with Gasteiger partial charge in [-0.1, -0.05) is 43.6 Å². The number of hydrogen-bond donors (Lipinski definition) is 1. The molecule has 6 rings (SSSR count). The zero-order valence-electron chi connectivity index (χ0n) is 24.7. The maximum Gasteiger partial charge on any atom is 0.0765 e. The smallest absolute Gasteiger partial charge is 0.0765 e.